The van der Waals surface area contributed by atoms with E-state index in [1.165, 1.54) is 0 Å². The summed E-state index contributed by atoms with van der Waals surface area (Å²) in [7, 11) is 0. The molecule has 4 aliphatic carbocycles. The average Bonchev–Trinajstić information content (AvgIpc) is 1.54. The van der Waals surface area contributed by atoms with E-state index < -0.39 is 248 Å². The molecule has 0 aromatic heterocycles. The van der Waals surface area contributed by atoms with Crippen molar-refractivity contribution in [1.29, 1.82) is 0 Å². The molecule has 85 heavy (non-hydrogen) atoms. The molecule has 0 heterocycles. The van der Waals surface area contributed by atoms with Gasteiger partial charge in [-0.15, -0.1) is 0 Å². The number of hydrogen-bond acceptors (Lipinski definition) is 0. The molecule has 31 heteroatoms. The fourth-order valence-electron chi connectivity index (χ4n) is 12.5. The summed E-state index contributed by atoms with van der Waals surface area (Å²) in [5.74, 6) is -105. The SMILES string of the molecule is CCCCCC[NH+](CC(C)CCC)c1c(F)c(F)c(F)c(F)c1F.FC1=C(F)C([B-](C2C(F)=C(F)c3c(F)c(F)c(F)c(F)c32)(C2C(F)=C(F)c3c(F)c(F)c(F)c(F)c32)C2C(F)=C(F)c3c(F)c(F)c(F)c(F)c32)c2c(F)c(F)c(F)c(F)c21. The lowest BCUT2D eigenvalue weighted by Gasteiger charge is -2.57. The Morgan fingerprint density at radius 2 is 0.553 bits per heavy atom. The molecule has 0 saturated carbocycles. The topological polar surface area (TPSA) is 4.44 Å². The third-order valence-electron chi connectivity index (χ3n) is 15.8. The van der Waals surface area contributed by atoms with Crippen molar-refractivity contribution in [2.24, 2.45) is 5.92 Å². The highest BCUT2D eigenvalue weighted by molar-refractivity contribution is 6.88. The minimum Gasteiger partial charge on any atom is -0.297 e. The molecule has 6 unspecified atom stereocenters. The van der Waals surface area contributed by atoms with Gasteiger partial charge in [0.05, 0.1) is 41.5 Å². The van der Waals surface area contributed by atoms with Crippen molar-refractivity contribution < 1.29 is 132 Å². The van der Waals surface area contributed by atoms with Crippen LogP contribution in [0.3, 0.4) is 0 Å². The third-order valence-corrected chi connectivity index (χ3v) is 15.8. The van der Waals surface area contributed by atoms with Crippen molar-refractivity contribution in [3.8, 4) is 0 Å². The van der Waals surface area contributed by atoms with Crippen molar-refractivity contribution in [3.05, 3.63) is 190 Å². The van der Waals surface area contributed by atoms with Crippen LogP contribution in [0.4, 0.5) is 133 Å². The molecular formula is C54H31BF29N. The quantitative estimate of drug-likeness (QED) is 0.0372. The van der Waals surface area contributed by atoms with Gasteiger partial charge in [0.25, 0.3) is 0 Å². The highest BCUT2D eigenvalue weighted by Gasteiger charge is 2.67. The molecule has 0 fully saturated rings. The Labute approximate surface area is 458 Å². The van der Waals surface area contributed by atoms with Crippen LogP contribution in [-0.4, -0.2) is 19.2 Å². The van der Waals surface area contributed by atoms with Crippen LogP contribution in [0, 0.1) is 128 Å². The van der Waals surface area contributed by atoms with Gasteiger partial charge >= 0.3 is 0 Å². The van der Waals surface area contributed by atoms with E-state index in [4.69, 9.17) is 0 Å². The van der Waals surface area contributed by atoms with Gasteiger partial charge in [0.15, 0.2) is 116 Å². The molecule has 5 aromatic rings. The maximum Gasteiger partial charge on any atom is 0.225 e. The Hall–Kier alpha value is -6.95. The first-order chi connectivity index (χ1) is 39.7. The van der Waals surface area contributed by atoms with Gasteiger partial charge in [-0.1, -0.05) is 63.3 Å². The number of benzene rings is 5. The molecule has 4 aliphatic rings. The number of hydrogen-bond donors (Lipinski definition) is 1. The molecule has 6 atom stereocenters. The second-order valence-electron chi connectivity index (χ2n) is 20.3. The lowest BCUT2D eigenvalue weighted by atomic mass is 9.02. The highest BCUT2D eigenvalue weighted by Crippen LogP contribution is 2.72. The molecule has 9 rings (SSSR count). The molecular weight excluding hydrogens is 1220 g/mol. The van der Waals surface area contributed by atoms with Gasteiger partial charge in [0.1, 0.15) is 23.3 Å². The number of halogens is 29. The first kappa shape index (κ1) is 64.1. The summed E-state index contributed by atoms with van der Waals surface area (Å²) in [4.78, 5) is 0.333. The number of unbranched alkanes of at least 4 members (excludes halogenated alkanes) is 3. The number of rotatable bonds is 14. The Bertz CT molecular complexity index is 3400. The smallest absolute Gasteiger partial charge is 0.225 e. The Balaban J connectivity index is 0.000000330. The maximum absolute atomic E-state index is 17.0. The summed E-state index contributed by atoms with van der Waals surface area (Å²) in [6, 6.07) is 0. The minimum absolute atomic E-state index is 0.131. The van der Waals surface area contributed by atoms with E-state index in [0.717, 1.165) is 32.1 Å². The molecule has 0 amide bonds. The van der Waals surface area contributed by atoms with Crippen LogP contribution in [0.2, 0.25) is 0 Å². The van der Waals surface area contributed by atoms with E-state index in [2.05, 4.69) is 0 Å². The molecule has 1 nitrogen and oxygen atoms in total. The molecule has 0 radical (unpaired) electrons. The second-order valence-corrected chi connectivity index (χ2v) is 20.3. The van der Waals surface area contributed by atoms with Crippen LogP contribution in [0.5, 0.6) is 0 Å². The zero-order chi connectivity index (χ0) is 63.6. The van der Waals surface area contributed by atoms with E-state index in [9.17, 15) is 39.5 Å². The molecule has 458 valence electrons. The number of fused-ring (bicyclic) bond motifs is 4. The Morgan fingerprint density at radius 1 is 0.306 bits per heavy atom. The summed E-state index contributed by atoms with van der Waals surface area (Å²) in [6.45, 7) is 6.67. The lowest BCUT2D eigenvalue weighted by molar-refractivity contribution is -0.839. The normalized spacial score (nSPS) is 19.5. The summed E-state index contributed by atoms with van der Waals surface area (Å²) in [5.41, 5.74) is -22.7. The maximum atomic E-state index is 17.0. The molecule has 0 bridgehead atoms. The van der Waals surface area contributed by atoms with Crippen LogP contribution in [0.25, 0.3) is 23.3 Å². The lowest BCUT2D eigenvalue weighted by Crippen LogP contribution is -3.08. The summed E-state index contributed by atoms with van der Waals surface area (Å²) in [6.07, 6.45) is -1.55. The van der Waals surface area contributed by atoms with Gasteiger partial charge in [0, 0.05) is 5.92 Å². The van der Waals surface area contributed by atoms with Gasteiger partial charge in [0.2, 0.25) is 34.8 Å². The fourth-order valence-corrected chi connectivity index (χ4v) is 12.5. The molecule has 0 spiro atoms. The van der Waals surface area contributed by atoms with Gasteiger partial charge < -0.3 is 0 Å². The number of nitrogens with one attached hydrogen (secondary N) is 1. The van der Waals surface area contributed by atoms with Crippen molar-refractivity contribution in [2.75, 3.05) is 13.1 Å². The molecule has 0 saturated heterocycles. The van der Waals surface area contributed by atoms with E-state index in [-0.39, 0.29) is 5.92 Å². The van der Waals surface area contributed by atoms with E-state index >= 15 is 87.8 Å². The monoisotopic (exact) mass is 1260 g/mol. The predicted molar refractivity (Wildman–Crippen MR) is 243 cm³/mol. The fraction of sp³-hybridized carbons (Fsp3) is 0.296. The van der Waals surface area contributed by atoms with Gasteiger partial charge in [-0.3, -0.25) is 4.90 Å². The van der Waals surface area contributed by atoms with Crippen LogP contribution < -0.4 is 4.90 Å². The standard InChI is InChI=1S/C36H4BF24.C18H26F5N/c38-13-1-5(21(46)33(58)29(13)54)17(42)25(50)9(1)37(10-2-6(18(43)26(10)51)22(47)34(59)30(55)14(2)39,11-3-7(19(44)27(11)52)23(48)35(60)31(56)15(3)40)12-4-8(20(45)28(12)53)24(49)36(61)32(57)16(4)41;1-4-6-7-8-10-24(11-12(3)9-5-2)18-16(22)14(20)13(19)15(21)17(18)23/h9-12H;12H,4-11H2,1-3H3/q-1;/p+1. The van der Waals surface area contributed by atoms with Crippen LogP contribution >= 0.6 is 0 Å². The first-order valence-corrected chi connectivity index (χ1v) is 24.9. The summed E-state index contributed by atoms with van der Waals surface area (Å²) in [5, 5.41) is 0. The first-order valence-electron chi connectivity index (χ1n) is 24.9. The van der Waals surface area contributed by atoms with E-state index in [1.807, 2.05) is 20.8 Å². The largest absolute Gasteiger partial charge is 0.297 e. The number of allylic oxidation sites excluding steroid dienone is 4. The second kappa shape index (κ2) is 23.1. The highest BCUT2D eigenvalue weighted by atomic mass is 19.2. The van der Waals surface area contributed by atoms with Gasteiger partial charge in [-0.05, 0) is 41.5 Å². The average molecular weight is 1260 g/mol. The van der Waals surface area contributed by atoms with Gasteiger partial charge in [-0.25, -0.2) is 119 Å². The van der Waals surface area contributed by atoms with Crippen molar-refractivity contribution in [2.45, 2.75) is 82.6 Å². The van der Waals surface area contributed by atoms with Gasteiger partial charge in [-0.2, -0.15) is 8.78 Å². The van der Waals surface area contributed by atoms with E-state index in [1.54, 1.807) is 0 Å². The van der Waals surface area contributed by atoms with Crippen LogP contribution in [-0.2, 0) is 0 Å². The van der Waals surface area contributed by atoms with Crippen molar-refractivity contribution >= 4 is 35.1 Å². The van der Waals surface area contributed by atoms with Crippen LogP contribution in [0.15, 0.2) is 23.3 Å². The Kier molecular flexibility index (Phi) is 17.4. The number of quaternary nitrogens is 1. The third kappa shape index (κ3) is 9.13. The minimum atomic E-state index is -6.83. The molecule has 0 aliphatic heterocycles. The predicted octanol–water partition coefficient (Wildman–Crippen LogP) is 18.4. The van der Waals surface area contributed by atoms with Crippen LogP contribution in [0.1, 0.15) is 127 Å². The summed E-state index contributed by atoms with van der Waals surface area (Å²) >= 11 is 0. The Morgan fingerprint density at radius 3 is 0.812 bits per heavy atom. The summed E-state index contributed by atoms with van der Waals surface area (Å²) < 4.78 is 445. The molecule has 5 aromatic carbocycles. The zero-order valence-corrected chi connectivity index (χ0v) is 42.6. The molecule has 1 N–H and O–H groups in total. The van der Waals surface area contributed by atoms with Crippen molar-refractivity contribution in [3.63, 3.8) is 0 Å². The van der Waals surface area contributed by atoms with E-state index in [0.29, 0.717) is 24.4 Å². The zero-order valence-electron chi connectivity index (χ0n) is 42.6. The van der Waals surface area contributed by atoms with Crippen molar-refractivity contribution in [1.82, 2.24) is 0 Å².